The minimum Gasteiger partial charge on any atom is -0.441 e. The molecule has 10 heteroatoms. The summed E-state index contributed by atoms with van der Waals surface area (Å²) < 4.78 is 74.0. The van der Waals surface area contributed by atoms with E-state index in [1.54, 1.807) is 18.2 Å². The van der Waals surface area contributed by atoms with Crippen LogP contribution < -0.4 is 4.31 Å². The highest BCUT2D eigenvalue weighted by Crippen LogP contribution is 2.34. The molecule has 0 unspecified atom stereocenters. The number of aryl methyl sites for hydroxylation is 1. The topological polar surface area (TPSA) is 76.6 Å². The molecule has 2 heterocycles. The van der Waals surface area contributed by atoms with E-state index in [0.29, 0.717) is 18.2 Å². The van der Waals surface area contributed by atoms with E-state index in [-0.39, 0.29) is 11.5 Å². The van der Waals surface area contributed by atoms with Gasteiger partial charge >= 0.3 is 6.18 Å². The lowest BCUT2D eigenvalue weighted by molar-refractivity contribution is -0.155. The third-order valence-corrected chi connectivity index (χ3v) is 5.60. The van der Waals surface area contributed by atoms with Crippen LogP contribution in [0, 0.1) is 0 Å². The molecule has 3 aromatic rings. The molecule has 0 saturated carbocycles. The summed E-state index contributed by atoms with van der Waals surface area (Å²) in [5.74, 6) is -1.45. The van der Waals surface area contributed by atoms with Crippen molar-refractivity contribution in [1.29, 1.82) is 0 Å². The third-order valence-electron chi connectivity index (χ3n) is 3.95. The molecule has 0 atom stereocenters. The average Bonchev–Trinajstić information content (AvgIpc) is 3.29. The van der Waals surface area contributed by atoms with Gasteiger partial charge in [-0.3, -0.25) is 4.31 Å². The highest BCUT2D eigenvalue weighted by atomic mass is 32.2. The lowest BCUT2D eigenvalue weighted by Crippen LogP contribution is -2.27. The number of para-hydroxylation sites is 1. The summed E-state index contributed by atoms with van der Waals surface area (Å²) >= 11 is 0. The van der Waals surface area contributed by atoms with E-state index in [4.69, 9.17) is 4.42 Å². The summed E-state index contributed by atoms with van der Waals surface area (Å²) in [5, 5.41) is 2.87. The molecule has 0 aliphatic rings. The van der Waals surface area contributed by atoms with Gasteiger partial charge in [0.1, 0.15) is 5.69 Å². The van der Waals surface area contributed by atoms with Crippen LogP contribution in [0.5, 0.6) is 0 Å². The van der Waals surface area contributed by atoms with Gasteiger partial charge in [-0.05, 0) is 30.2 Å². The highest BCUT2D eigenvalue weighted by Gasteiger charge is 2.36. The second kappa shape index (κ2) is 6.76. The Labute approximate surface area is 153 Å². The summed E-state index contributed by atoms with van der Waals surface area (Å²) in [6.07, 6.45) is -4.07. The molecule has 144 valence electrons. The number of rotatable bonds is 5. The number of halogens is 3. The summed E-state index contributed by atoms with van der Waals surface area (Å²) in [7, 11) is -2.67. The largest absolute Gasteiger partial charge is 0.452 e. The molecule has 0 saturated heterocycles. The van der Waals surface area contributed by atoms with Crippen LogP contribution in [0.25, 0.3) is 11.5 Å². The maximum Gasteiger partial charge on any atom is 0.452 e. The Bertz CT molecular complexity index is 1050. The van der Waals surface area contributed by atoms with Gasteiger partial charge in [-0.25, -0.2) is 0 Å². The van der Waals surface area contributed by atoms with Gasteiger partial charge in [0.25, 0.3) is 10.0 Å². The van der Waals surface area contributed by atoms with E-state index >= 15 is 0 Å². The number of benzene rings is 1. The van der Waals surface area contributed by atoms with E-state index in [0.717, 1.165) is 15.9 Å². The lowest BCUT2D eigenvalue weighted by atomic mass is 10.1. The van der Waals surface area contributed by atoms with Crippen molar-refractivity contribution in [2.24, 2.45) is 0 Å². The predicted octanol–water partition coefficient (Wildman–Crippen LogP) is 4.34. The number of hydrogen-bond acceptors (Lipinski definition) is 5. The summed E-state index contributed by atoms with van der Waals surface area (Å²) in [5.41, 5.74) is 1.06. The Morgan fingerprint density at radius 1 is 1.15 bits per heavy atom. The zero-order valence-electron chi connectivity index (χ0n) is 14.3. The van der Waals surface area contributed by atoms with Gasteiger partial charge in [0.2, 0.25) is 10.9 Å². The van der Waals surface area contributed by atoms with Crippen molar-refractivity contribution in [1.82, 2.24) is 5.16 Å². The van der Waals surface area contributed by atoms with Crippen LogP contribution in [-0.4, -0.2) is 20.6 Å². The Morgan fingerprint density at radius 2 is 1.85 bits per heavy atom. The minimum absolute atomic E-state index is 0.148. The van der Waals surface area contributed by atoms with E-state index in [1.807, 2.05) is 13.0 Å². The van der Waals surface area contributed by atoms with E-state index < -0.39 is 27.1 Å². The van der Waals surface area contributed by atoms with Gasteiger partial charge in [0.15, 0.2) is 5.76 Å². The molecular weight excluding hydrogens is 385 g/mol. The summed E-state index contributed by atoms with van der Waals surface area (Å²) in [6.45, 7) is 1.90. The smallest absolute Gasteiger partial charge is 0.441 e. The molecule has 6 nitrogen and oxygen atoms in total. The normalized spacial score (nSPS) is 12.3. The first-order chi connectivity index (χ1) is 12.6. The molecule has 0 spiro atoms. The molecule has 0 aliphatic carbocycles. The Morgan fingerprint density at radius 3 is 2.48 bits per heavy atom. The molecule has 1 aromatic carbocycles. The number of furan rings is 1. The Kier molecular flexibility index (Phi) is 4.77. The van der Waals surface area contributed by atoms with Crippen molar-refractivity contribution in [2.75, 3.05) is 11.4 Å². The van der Waals surface area contributed by atoms with Crippen molar-refractivity contribution in [2.45, 2.75) is 24.6 Å². The molecule has 2 aromatic heterocycles. The molecule has 0 fully saturated rings. The van der Waals surface area contributed by atoms with Gasteiger partial charge in [0.05, 0.1) is 5.69 Å². The number of alkyl halides is 3. The van der Waals surface area contributed by atoms with Gasteiger partial charge in [-0.15, -0.1) is 0 Å². The van der Waals surface area contributed by atoms with E-state index in [1.165, 1.54) is 13.1 Å². The monoisotopic (exact) mass is 400 g/mol. The molecular formula is C17H15F3N2O4S. The SMILES string of the molecule is CCc1ccccc1N(C)S(=O)(=O)c1ccc(-c2cc(C(F)(F)F)on2)o1. The van der Waals surface area contributed by atoms with Crippen molar-refractivity contribution in [3.05, 3.63) is 53.8 Å². The first-order valence-corrected chi connectivity index (χ1v) is 9.29. The molecule has 3 rings (SSSR count). The van der Waals surface area contributed by atoms with Gasteiger partial charge in [0, 0.05) is 13.1 Å². The zero-order valence-corrected chi connectivity index (χ0v) is 15.1. The molecule has 0 amide bonds. The predicted molar refractivity (Wildman–Crippen MR) is 90.6 cm³/mol. The molecule has 0 radical (unpaired) electrons. The molecule has 27 heavy (non-hydrogen) atoms. The fraction of sp³-hybridized carbons (Fsp3) is 0.235. The van der Waals surface area contributed by atoms with Gasteiger partial charge < -0.3 is 8.94 Å². The van der Waals surface area contributed by atoms with Crippen molar-refractivity contribution >= 4 is 15.7 Å². The van der Waals surface area contributed by atoms with E-state index in [9.17, 15) is 21.6 Å². The van der Waals surface area contributed by atoms with Crippen LogP contribution in [0.15, 0.2) is 56.5 Å². The first kappa shape index (κ1) is 19.0. The standard InChI is InChI=1S/C17H15F3N2O4S/c1-3-11-6-4-5-7-13(11)22(2)27(23,24)16-9-8-14(25-16)12-10-15(26-21-12)17(18,19)20/h4-10H,3H2,1-2H3. The molecule has 0 N–H and O–H groups in total. The maximum absolute atomic E-state index is 12.8. The average molecular weight is 400 g/mol. The number of nitrogens with zero attached hydrogens (tertiary/aromatic N) is 2. The Balaban J connectivity index is 1.94. The number of sulfonamides is 1. The van der Waals surface area contributed by atoms with Crippen LogP contribution in [0.1, 0.15) is 18.2 Å². The molecule has 0 bridgehead atoms. The second-order valence-electron chi connectivity index (χ2n) is 5.65. The maximum atomic E-state index is 12.8. The first-order valence-electron chi connectivity index (χ1n) is 7.85. The van der Waals surface area contributed by atoms with Crippen LogP contribution in [-0.2, 0) is 22.6 Å². The van der Waals surface area contributed by atoms with Gasteiger partial charge in [-0.1, -0.05) is 30.3 Å². The minimum atomic E-state index is -4.70. The fourth-order valence-electron chi connectivity index (χ4n) is 2.50. The van der Waals surface area contributed by atoms with Crippen LogP contribution in [0.2, 0.25) is 0 Å². The Hall–Kier alpha value is -2.75. The number of hydrogen-bond donors (Lipinski definition) is 0. The third kappa shape index (κ3) is 3.57. The fourth-order valence-corrected chi connectivity index (χ4v) is 3.64. The number of aromatic nitrogens is 1. The van der Waals surface area contributed by atoms with Crippen molar-refractivity contribution in [3.8, 4) is 11.5 Å². The zero-order chi connectivity index (χ0) is 19.8. The van der Waals surface area contributed by atoms with Crippen LogP contribution >= 0.6 is 0 Å². The highest BCUT2D eigenvalue weighted by molar-refractivity contribution is 7.92. The van der Waals surface area contributed by atoms with E-state index in [2.05, 4.69) is 9.68 Å². The summed E-state index contributed by atoms with van der Waals surface area (Å²) in [4.78, 5) is 0. The van der Waals surface area contributed by atoms with Crippen LogP contribution in [0.3, 0.4) is 0 Å². The molecule has 0 aliphatic heterocycles. The number of anilines is 1. The quantitative estimate of drug-likeness (QED) is 0.637. The van der Waals surface area contributed by atoms with Crippen LogP contribution in [0.4, 0.5) is 18.9 Å². The summed E-state index contributed by atoms with van der Waals surface area (Å²) in [6, 6.07) is 10.0. The van der Waals surface area contributed by atoms with Gasteiger partial charge in [-0.2, -0.15) is 21.6 Å². The second-order valence-corrected chi connectivity index (χ2v) is 7.55. The van der Waals surface area contributed by atoms with Crippen molar-refractivity contribution < 1.29 is 30.5 Å². The lowest BCUT2D eigenvalue weighted by Gasteiger charge is -2.20. The van der Waals surface area contributed by atoms with Crippen molar-refractivity contribution in [3.63, 3.8) is 0 Å².